The highest BCUT2D eigenvalue weighted by Crippen LogP contribution is 2.31. The van der Waals surface area contributed by atoms with Gasteiger partial charge in [-0.25, -0.2) is 9.78 Å². The summed E-state index contributed by atoms with van der Waals surface area (Å²) < 4.78 is 5.15. The fourth-order valence-corrected chi connectivity index (χ4v) is 3.24. The van der Waals surface area contributed by atoms with Gasteiger partial charge >= 0.3 is 5.97 Å². The fraction of sp³-hybridized carbons (Fsp3) is 0.562. The third-order valence-electron chi connectivity index (χ3n) is 4.20. The molecule has 8 heteroatoms. The number of nitrogens with zero attached hydrogens (tertiary/aromatic N) is 1. The van der Waals surface area contributed by atoms with E-state index in [1.165, 1.54) is 19.5 Å². The number of ether oxygens (including phenoxy) is 1. The lowest BCUT2D eigenvalue weighted by molar-refractivity contribution is -0.130. The van der Waals surface area contributed by atoms with Crippen molar-refractivity contribution >= 4 is 46.7 Å². The molecule has 1 heterocycles. The number of amides is 1. The molecule has 1 N–H and O–H groups in total. The van der Waals surface area contributed by atoms with Crippen molar-refractivity contribution in [2.45, 2.75) is 51.7 Å². The van der Waals surface area contributed by atoms with E-state index >= 15 is 0 Å². The number of nitrogens with one attached hydrogen (secondary N) is 1. The van der Waals surface area contributed by atoms with E-state index in [0.29, 0.717) is 5.92 Å². The summed E-state index contributed by atoms with van der Waals surface area (Å²) in [6.07, 6.45) is 4.54. The molecule has 132 valence electrons. The summed E-state index contributed by atoms with van der Waals surface area (Å²) >= 11 is 17.6. The van der Waals surface area contributed by atoms with Crippen molar-refractivity contribution in [1.82, 2.24) is 10.3 Å². The molecular weight excluding hydrogens is 375 g/mol. The predicted octanol–water partition coefficient (Wildman–Crippen LogP) is 4.28. The third kappa shape index (κ3) is 4.52. The van der Waals surface area contributed by atoms with Crippen LogP contribution in [0.25, 0.3) is 0 Å². The smallest absolute Gasteiger partial charge is 0.359 e. The Hall–Kier alpha value is -1.04. The zero-order chi connectivity index (χ0) is 17.9. The molecule has 1 aliphatic rings. The molecule has 1 fully saturated rings. The van der Waals surface area contributed by atoms with Crippen LogP contribution in [-0.2, 0) is 9.53 Å². The van der Waals surface area contributed by atoms with Gasteiger partial charge in [-0.05, 0) is 25.7 Å². The van der Waals surface area contributed by atoms with Gasteiger partial charge in [0.05, 0.1) is 15.1 Å². The molecule has 0 aliphatic heterocycles. The first kappa shape index (κ1) is 19.3. The molecule has 0 saturated heterocycles. The Morgan fingerprint density at radius 3 is 2.58 bits per heavy atom. The molecule has 0 spiro atoms. The summed E-state index contributed by atoms with van der Waals surface area (Å²) in [6.45, 7) is 3.62. The lowest BCUT2D eigenvalue weighted by Gasteiger charge is -2.30. The van der Waals surface area contributed by atoms with Crippen molar-refractivity contribution in [2.75, 3.05) is 0 Å². The number of hydrogen-bond donors (Lipinski definition) is 1. The third-order valence-corrected chi connectivity index (χ3v) is 5.44. The summed E-state index contributed by atoms with van der Waals surface area (Å²) in [5, 5.41) is 3.01. The van der Waals surface area contributed by atoms with E-state index in [1.807, 2.05) is 0 Å². The lowest BCUT2D eigenvalue weighted by Crippen LogP contribution is -2.46. The van der Waals surface area contributed by atoms with Gasteiger partial charge < -0.3 is 10.1 Å². The minimum absolute atomic E-state index is 0.0217. The van der Waals surface area contributed by atoms with Crippen LogP contribution in [0.4, 0.5) is 0 Å². The molecule has 5 nitrogen and oxygen atoms in total. The van der Waals surface area contributed by atoms with Crippen LogP contribution in [0.3, 0.4) is 0 Å². The van der Waals surface area contributed by atoms with E-state index in [4.69, 9.17) is 39.5 Å². The van der Waals surface area contributed by atoms with Gasteiger partial charge in [-0.2, -0.15) is 0 Å². The Morgan fingerprint density at radius 1 is 1.25 bits per heavy atom. The second-order valence-corrected chi connectivity index (χ2v) is 7.17. The molecule has 1 aromatic heterocycles. The quantitative estimate of drug-likeness (QED) is 0.775. The van der Waals surface area contributed by atoms with Crippen LogP contribution in [0.1, 0.15) is 50.0 Å². The first-order chi connectivity index (χ1) is 11.3. The number of hydrogen-bond acceptors (Lipinski definition) is 4. The topological polar surface area (TPSA) is 68.3 Å². The van der Waals surface area contributed by atoms with Gasteiger partial charge in [0.2, 0.25) is 0 Å². The van der Waals surface area contributed by atoms with Crippen molar-refractivity contribution in [1.29, 1.82) is 0 Å². The van der Waals surface area contributed by atoms with Crippen molar-refractivity contribution < 1.29 is 14.3 Å². The van der Waals surface area contributed by atoms with Gasteiger partial charge in [0.15, 0.2) is 11.8 Å². The van der Waals surface area contributed by atoms with E-state index < -0.39 is 12.1 Å². The molecule has 0 unspecified atom stereocenters. The zero-order valence-electron chi connectivity index (χ0n) is 13.4. The molecule has 0 bridgehead atoms. The predicted molar refractivity (Wildman–Crippen MR) is 93.7 cm³/mol. The SMILES string of the molecule is C[C@@H](OC(=O)c1ncc(Cl)c(Cl)c1Cl)C(=O)N[C@H]1CCCC[C@@H]1C. The van der Waals surface area contributed by atoms with E-state index in [0.717, 1.165) is 19.3 Å². The van der Waals surface area contributed by atoms with Crippen LogP contribution < -0.4 is 5.32 Å². The van der Waals surface area contributed by atoms with Crippen LogP contribution in [-0.4, -0.2) is 29.0 Å². The van der Waals surface area contributed by atoms with E-state index in [-0.39, 0.29) is 32.7 Å². The van der Waals surface area contributed by atoms with Crippen molar-refractivity contribution in [3.05, 3.63) is 27.0 Å². The Bertz CT molecular complexity index is 639. The van der Waals surface area contributed by atoms with E-state index in [1.54, 1.807) is 0 Å². The molecule has 2 rings (SSSR count). The summed E-state index contributed by atoms with van der Waals surface area (Å²) in [4.78, 5) is 28.2. The number of carbonyl (C=O) groups is 2. The molecule has 0 aromatic carbocycles. The number of rotatable bonds is 4. The van der Waals surface area contributed by atoms with Crippen LogP contribution in [0.2, 0.25) is 15.1 Å². The van der Waals surface area contributed by atoms with Gasteiger partial charge in [-0.15, -0.1) is 0 Å². The van der Waals surface area contributed by atoms with Gasteiger partial charge in [0, 0.05) is 12.2 Å². The number of pyridine rings is 1. The first-order valence-corrected chi connectivity index (χ1v) is 8.95. The largest absolute Gasteiger partial charge is 0.448 e. The fourth-order valence-electron chi connectivity index (χ4n) is 2.69. The molecular formula is C16H19Cl3N2O3. The molecule has 0 radical (unpaired) electrons. The maximum atomic E-state index is 12.2. The van der Waals surface area contributed by atoms with Gasteiger partial charge in [-0.3, -0.25) is 4.79 Å². The molecule has 3 atom stereocenters. The number of halogens is 3. The van der Waals surface area contributed by atoms with E-state index in [2.05, 4.69) is 17.2 Å². The van der Waals surface area contributed by atoms with Crippen molar-refractivity contribution in [3.8, 4) is 0 Å². The van der Waals surface area contributed by atoms with Gasteiger partial charge in [0.1, 0.15) is 0 Å². The van der Waals surface area contributed by atoms with Gasteiger partial charge in [0.25, 0.3) is 5.91 Å². The summed E-state index contributed by atoms with van der Waals surface area (Å²) in [7, 11) is 0. The highest BCUT2D eigenvalue weighted by Gasteiger charge is 2.27. The van der Waals surface area contributed by atoms with Crippen LogP contribution >= 0.6 is 34.8 Å². The highest BCUT2D eigenvalue weighted by molar-refractivity contribution is 6.48. The van der Waals surface area contributed by atoms with Gasteiger partial charge in [-0.1, -0.05) is 54.6 Å². The minimum atomic E-state index is -0.959. The normalized spacial score (nSPS) is 21.9. The van der Waals surface area contributed by atoms with Crippen molar-refractivity contribution in [2.24, 2.45) is 5.92 Å². The molecule has 1 aromatic rings. The highest BCUT2D eigenvalue weighted by atomic mass is 35.5. The molecule has 1 aliphatic carbocycles. The van der Waals surface area contributed by atoms with E-state index in [9.17, 15) is 9.59 Å². The van der Waals surface area contributed by atoms with Crippen LogP contribution in [0, 0.1) is 5.92 Å². The number of aromatic nitrogens is 1. The second-order valence-electron chi connectivity index (χ2n) is 6.01. The first-order valence-electron chi connectivity index (χ1n) is 7.82. The minimum Gasteiger partial charge on any atom is -0.448 e. The molecule has 1 amide bonds. The maximum absolute atomic E-state index is 12.2. The van der Waals surface area contributed by atoms with Crippen LogP contribution in [0.5, 0.6) is 0 Å². The average molecular weight is 394 g/mol. The average Bonchev–Trinajstić information content (AvgIpc) is 2.54. The second kappa shape index (κ2) is 8.37. The Kier molecular flexibility index (Phi) is 6.72. The Balaban J connectivity index is 1.98. The number of esters is 1. The van der Waals surface area contributed by atoms with Crippen LogP contribution in [0.15, 0.2) is 6.20 Å². The molecule has 24 heavy (non-hydrogen) atoms. The summed E-state index contributed by atoms with van der Waals surface area (Å²) in [5.74, 6) is -0.743. The summed E-state index contributed by atoms with van der Waals surface area (Å²) in [6, 6.07) is 0.110. The number of carbonyl (C=O) groups excluding carboxylic acids is 2. The Labute approximate surface area is 156 Å². The monoisotopic (exact) mass is 392 g/mol. The summed E-state index contributed by atoms with van der Waals surface area (Å²) in [5.41, 5.74) is -0.170. The van der Waals surface area contributed by atoms with Crippen molar-refractivity contribution in [3.63, 3.8) is 0 Å². The Morgan fingerprint density at radius 2 is 1.92 bits per heavy atom. The lowest BCUT2D eigenvalue weighted by atomic mass is 9.86. The zero-order valence-corrected chi connectivity index (χ0v) is 15.7. The molecule has 1 saturated carbocycles. The standard InChI is InChI=1S/C16H19Cl3N2O3/c1-8-5-3-4-6-11(8)21-15(22)9(2)24-16(23)14-13(19)12(18)10(17)7-20-14/h7-9,11H,3-6H2,1-2H3,(H,21,22)/t8-,9+,11-/m0/s1. The maximum Gasteiger partial charge on any atom is 0.359 e.